The molecule has 30 heavy (non-hydrogen) atoms. The fourth-order valence-corrected chi connectivity index (χ4v) is 5.95. The molecule has 1 saturated heterocycles. The van der Waals surface area contributed by atoms with Crippen LogP contribution in [0.5, 0.6) is 0 Å². The Bertz CT molecular complexity index is 1220. The minimum atomic E-state index is -4.01. The lowest BCUT2D eigenvalue weighted by Gasteiger charge is -2.18. The second-order valence-corrected chi connectivity index (χ2v) is 9.87. The summed E-state index contributed by atoms with van der Waals surface area (Å²) >= 11 is 1.47. The fraction of sp³-hybridized carbons (Fsp3) is 0.200. The van der Waals surface area contributed by atoms with Crippen LogP contribution < -0.4 is 10.2 Å². The fourth-order valence-electron chi connectivity index (χ4n) is 3.78. The number of sulfonamides is 1. The normalized spacial score (nSPS) is 18.5. The zero-order valence-electron chi connectivity index (χ0n) is 15.6. The molecule has 0 radical (unpaired) electrons. The summed E-state index contributed by atoms with van der Waals surface area (Å²) < 4.78 is 32.3. The van der Waals surface area contributed by atoms with Gasteiger partial charge in [0.15, 0.2) is 5.76 Å². The highest BCUT2D eigenvalue weighted by molar-refractivity contribution is 7.89. The number of hydrogen-bond acceptors (Lipinski definition) is 6. The van der Waals surface area contributed by atoms with E-state index >= 15 is 0 Å². The number of hydrogen-bond donors (Lipinski definition) is 1. The minimum absolute atomic E-state index is 0.0375. The lowest BCUT2D eigenvalue weighted by Crippen LogP contribution is -2.34. The third-order valence-electron chi connectivity index (χ3n) is 5.27. The van der Waals surface area contributed by atoms with Gasteiger partial charge in [-0.05, 0) is 53.8 Å². The van der Waals surface area contributed by atoms with E-state index in [2.05, 4.69) is 5.32 Å². The van der Waals surface area contributed by atoms with Crippen LogP contribution in [0.15, 0.2) is 63.4 Å². The van der Waals surface area contributed by atoms with Gasteiger partial charge in [-0.15, -0.1) is 11.3 Å². The summed E-state index contributed by atoms with van der Waals surface area (Å²) in [4.78, 5) is 27.5. The van der Waals surface area contributed by atoms with E-state index in [4.69, 9.17) is 4.42 Å². The van der Waals surface area contributed by atoms with Gasteiger partial charge in [0, 0.05) is 17.1 Å². The zero-order valence-corrected chi connectivity index (χ0v) is 17.3. The number of amides is 3. The molecule has 0 spiro atoms. The van der Waals surface area contributed by atoms with Crippen LogP contribution in [0, 0.1) is 0 Å². The summed E-state index contributed by atoms with van der Waals surface area (Å²) in [6.07, 6.45) is 1.96. The number of nitrogens with one attached hydrogen (secondary N) is 1. The maximum atomic E-state index is 13.1. The van der Waals surface area contributed by atoms with Gasteiger partial charge in [-0.25, -0.2) is 17.5 Å². The molecule has 1 atom stereocenters. The predicted octanol–water partition coefficient (Wildman–Crippen LogP) is 3.00. The summed E-state index contributed by atoms with van der Waals surface area (Å²) in [5.74, 6) is -0.0417. The van der Waals surface area contributed by atoms with Crippen LogP contribution in [0.25, 0.3) is 0 Å². The number of carbonyl (C=O) groups excluding carboxylic acids is 2. The monoisotopic (exact) mass is 443 g/mol. The largest absolute Gasteiger partial charge is 0.459 e. The van der Waals surface area contributed by atoms with E-state index in [0.29, 0.717) is 18.7 Å². The molecular weight excluding hydrogens is 426 g/mol. The molecule has 5 rings (SSSR count). The van der Waals surface area contributed by atoms with E-state index in [9.17, 15) is 18.0 Å². The highest BCUT2D eigenvalue weighted by atomic mass is 32.2. The van der Waals surface area contributed by atoms with Crippen molar-refractivity contribution in [1.29, 1.82) is 0 Å². The molecule has 2 aliphatic rings. The van der Waals surface area contributed by atoms with Crippen molar-refractivity contribution in [1.82, 2.24) is 9.62 Å². The van der Waals surface area contributed by atoms with Gasteiger partial charge in [-0.3, -0.25) is 4.79 Å². The smallest absolute Gasteiger partial charge is 0.331 e. The number of benzene rings is 1. The number of nitrogens with zero attached hydrogens (tertiary/aromatic N) is 2. The van der Waals surface area contributed by atoms with Crippen molar-refractivity contribution in [3.05, 3.63) is 70.3 Å². The Labute approximate surface area is 176 Å². The Morgan fingerprint density at radius 1 is 1.20 bits per heavy atom. The first-order chi connectivity index (χ1) is 14.4. The molecule has 2 aromatic heterocycles. The van der Waals surface area contributed by atoms with Crippen molar-refractivity contribution < 1.29 is 22.4 Å². The van der Waals surface area contributed by atoms with E-state index < -0.39 is 16.1 Å². The minimum Gasteiger partial charge on any atom is -0.459 e. The van der Waals surface area contributed by atoms with Crippen molar-refractivity contribution in [3.8, 4) is 0 Å². The molecule has 8 nitrogen and oxygen atoms in total. The molecule has 1 aromatic carbocycles. The van der Waals surface area contributed by atoms with Crippen molar-refractivity contribution in [3.63, 3.8) is 0 Å². The molecule has 4 heterocycles. The van der Waals surface area contributed by atoms with Gasteiger partial charge >= 0.3 is 6.03 Å². The maximum absolute atomic E-state index is 13.1. The number of rotatable bonds is 4. The van der Waals surface area contributed by atoms with E-state index in [1.54, 1.807) is 29.2 Å². The lowest BCUT2D eigenvalue weighted by atomic mass is 10.2. The Kier molecular flexibility index (Phi) is 4.40. The Hall–Kier alpha value is -3.11. The molecule has 0 saturated carbocycles. The van der Waals surface area contributed by atoms with Crippen LogP contribution >= 0.6 is 11.3 Å². The number of thiophene rings is 1. The second kappa shape index (κ2) is 6.99. The average Bonchev–Trinajstić information content (AvgIpc) is 3.53. The van der Waals surface area contributed by atoms with E-state index in [1.165, 1.54) is 23.7 Å². The number of anilines is 1. The summed E-state index contributed by atoms with van der Waals surface area (Å²) in [6, 6.07) is 10.6. The van der Waals surface area contributed by atoms with E-state index in [-0.39, 0.29) is 29.1 Å². The van der Waals surface area contributed by atoms with Gasteiger partial charge < -0.3 is 14.6 Å². The highest BCUT2D eigenvalue weighted by Crippen LogP contribution is 2.34. The van der Waals surface area contributed by atoms with Crippen molar-refractivity contribution in [2.45, 2.75) is 17.4 Å². The molecule has 3 aromatic rings. The van der Waals surface area contributed by atoms with Gasteiger partial charge in [-0.2, -0.15) is 0 Å². The molecule has 154 valence electrons. The summed E-state index contributed by atoms with van der Waals surface area (Å²) in [5, 5.41) is 4.61. The lowest BCUT2D eigenvalue weighted by molar-refractivity contribution is 0.0962. The first-order valence-corrected chi connectivity index (χ1v) is 11.6. The van der Waals surface area contributed by atoms with Crippen LogP contribution in [-0.4, -0.2) is 37.8 Å². The standard InChI is InChI=1S/C20H17N3O5S2/c24-19(17-3-1-9-28-17)22-8-7-13-11-14(5-6-16(13)22)30(26,27)23-12-15(21-20(23)25)18-4-2-10-29-18/h1-6,9-11,15H,7-8,12H2,(H,21,25). The van der Waals surface area contributed by atoms with Gasteiger partial charge in [0.25, 0.3) is 15.9 Å². The van der Waals surface area contributed by atoms with Crippen LogP contribution in [0.2, 0.25) is 0 Å². The van der Waals surface area contributed by atoms with Crippen LogP contribution in [0.3, 0.4) is 0 Å². The maximum Gasteiger partial charge on any atom is 0.331 e. The molecule has 1 fully saturated rings. The molecular formula is C20H17N3O5S2. The van der Waals surface area contributed by atoms with Gasteiger partial charge in [0.1, 0.15) is 0 Å². The Morgan fingerprint density at radius 2 is 2.07 bits per heavy atom. The van der Waals surface area contributed by atoms with Crippen molar-refractivity contribution in [2.75, 3.05) is 18.0 Å². The summed E-state index contributed by atoms with van der Waals surface area (Å²) in [5.41, 5.74) is 1.39. The van der Waals surface area contributed by atoms with Gasteiger partial charge in [0.2, 0.25) is 0 Å². The number of urea groups is 1. The van der Waals surface area contributed by atoms with Crippen molar-refractivity contribution in [2.24, 2.45) is 0 Å². The highest BCUT2D eigenvalue weighted by Gasteiger charge is 2.39. The molecule has 0 aliphatic carbocycles. The van der Waals surface area contributed by atoms with E-state index in [0.717, 1.165) is 14.7 Å². The molecule has 1 N–H and O–H groups in total. The Morgan fingerprint density at radius 3 is 2.80 bits per heavy atom. The first kappa shape index (κ1) is 18.9. The SMILES string of the molecule is O=C(c1ccco1)N1CCc2cc(S(=O)(=O)N3CC(c4cccs4)NC3=O)ccc21. The van der Waals surface area contributed by atoms with Crippen LogP contribution in [-0.2, 0) is 16.4 Å². The van der Waals surface area contributed by atoms with Gasteiger partial charge in [0.05, 0.1) is 23.7 Å². The average molecular weight is 444 g/mol. The second-order valence-electron chi connectivity index (χ2n) is 7.03. The third-order valence-corrected chi connectivity index (χ3v) is 8.00. The molecule has 1 unspecified atom stereocenters. The molecule has 2 aliphatic heterocycles. The number of furan rings is 1. The summed E-state index contributed by atoms with van der Waals surface area (Å²) in [6.45, 7) is 0.477. The van der Waals surface area contributed by atoms with Crippen LogP contribution in [0.4, 0.5) is 10.5 Å². The predicted molar refractivity (Wildman–Crippen MR) is 110 cm³/mol. The number of fused-ring (bicyclic) bond motifs is 1. The first-order valence-electron chi connectivity index (χ1n) is 9.30. The number of carbonyl (C=O) groups is 2. The molecule has 0 bridgehead atoms. The molecule has 3 amide bonds. The van der Waals surface area contributed by atoms with Crippen LogP contribution in [0.1, 0.15) is 27.0 Å². The van der Waals surface area contributed by atoms with Gasteiger partial charge in [-0.1, -0.05) is 6.07 Å². The summed E-state index contributed by atoms with van der Waals surface area (Å²) in [7, 11) is -4.01. The van der Waals surface area contributed by atoms with Crippen molar-refractivity contribution >= 4 is 39.0 Å². The Balaban J connectivity index is 1.41. The zero-order chi connectivity index (χ0) is 20.9. The third kappa shape index (κ3) is 2.99. The quantitative estimate of drug-likeness (QED) is 0.668. The van der Waals surface area contributed by atoms with E-state index in [1.807, 2.05) is 17.5 Å². The topological polar surface area (TPSA) is 99.9 Å². The molecule has 10 heteroatoms.